The van der Waals surface area contributed by atoms with Crippen molar-refractivity contribution in [1.29, 1.82) is 0 Å². The van der Waals surface area contributed by atoms with Crippen molar-refractivity contribution < 1.29 is 22.4 Å². The second-order valence-electron chi connectivity index (χ2n) is 8.83. The molecule has 0 aliphatic heterocycles. The molecule has 0 radical (unpaired) electrons. The predicted molar refractivity (Wildman–Crippen MR) is 152 cm³/mol. The first kappa shape index (κ1) is 30.4. The first-order valence-corrected chi connectivity index (χ1v) is 14.6. The van der Waals surface area contributed by atoms with Crippen molar-refractivity contribution in [2.45, 2.75) is 44.2 Å². The van der Waals surface area contributed by atoms with E-state index >= 15 is 0 Å². The fourth-order valence-electron chi connectivity index (χ4n) is 3.85. The van der Waals surface area contributed by atoms with E-state index in [1.807, 2.05) is 6.92 Å². The molecule has 0 fully saturated rings. The number of carbonyl (C=O) groups is 2. The quantitative estimate of drug-likeness (QED) is 0.274. The van der Waals surface area contributed by atoms with Crippen LogP contribution in [0.5, 0.6) is 0 Å². The second kappa shape index (κ2) is 13.8. The lowest BCUT2D eigenvalue weighted by Gasteiger charge is -2.32. The van der Waals surface area contributed by atoms with Gasteiger partial charge in [-0.3, -0.25) is 13.9 Å². The number of anilines is 1. The summed E-state index contributed by atoms with van der Waals surface area (Å²) in [6, 6.07) is 16.9. The number of nitrogens with one attached hydrogen (secondary N) is 1. The number of sulfonamides is 1. The van der Waals surface area contributed by atoms with E-state index in [9.17, 15) is 22.4 Å². The number of nitrogens with zero attached hydrogens (tertiary/aromatic N) is 2. The number of benzene rings is 3. The average Bonchev–Trinajstić information content (AvgIpc) is 2.93. The summed E-state index contributed by atoms with van der Waals surface area (Å²) >= 11 is 12.6. The minimum atomic E-state index is -4.30. The summed E-state index contributed by atoms with van der Waals surface area (Å²) in [5.41, 5.74) is 0.171. The Bertz CT molecular complexity index is 1410. The van der Waals surface area contributed by atoms with Crippen molar-refractivity contribution in [2.75, 3.05) is 17.4 Å². The molecule has 39 heavy (non-hydrogen) atoms. The van der Waals surface area contributed by atoms with E-state index in [1.54, 1.807) is 24.3 Å². The Hall–Kier alpha value is -3.14. The van der Waals surface area contributed by atoms with E-state index in [-0.39, 0.29) is 32.7 Å². The van der Waals surface area contributed by atoms with Crippen molar-refractivity contribution in [3.05, 3.63) is 94.2 Å². The summed E-state index contributed by atoms with van der Waals surface area (Å²) in [7, 11) is -4.30. The van der Waals surface area contributed by atoms with Crippen molar-refractivity contribution in [1.82, 2.24) is 10.2 Å². The van der Waals surface area contributed by atoms with Gasteiger partial charge in [-0.25, -0.2) is 12.8 Å². The minimum absolute atomic E-state index is 0.00717. The molecule has 0 aromatic heterocycles. The van der Waals surface area contributed by atoms with Crippen LogP contribution in [0.25, 0.3) is 0 Å². The van der Waals surface area contributed by atoms with Gasteiger partial charge >= 0.3 is 0 Å². The van der Waals surface area contributed by atoms with Crippen LogP contribution in [0.3, 0.4) is 0 Å². The van der Waals surface area contributed by atoms with E-state index < -0.39 is 40.2 Å². The van der Waals surface area contributed by atoms with E-state index in [0.29, 0.717) is 6.54 Å². The molecule has 0 heterocycles. The number of hydrogen-bond donors (Lipinski definition) is 1. The van der Waals surface area contributed by atoms with Gasteiger partial charge in [0.05, 0.1) is 20.6 Å². The molecule has 1 atom stereocenters. The van der Waals surface area contributed by atoms with Crippen LogP contribution in [0.15, 0.2) is 77.7 Å². The van der Waals surface area contributed by atoms with Crippen molar-refractivity contribution in [3.8, 4) is 0 Å². The highest BCUT2D eigenvalue weighted by atomic mass is 35.5. The molecule has 0 unspecified atom stereocenters. The Kier molecular flexibility index (Phi) is 10.7. The van der Waals surface area contributed by atoms with Gasteiger partial charge in [0.25, 0.3) is 10.0 Å². The number of rotatable bonds is 12. The molecule has 11 heteroatoms. The van der Waals surface area contributed by atoms with E-state index in [0.717, 1.165) is 22.0 Å². The maximum Gasteiger partial charge on any atom is 0.264 e. The van der Waals surface area contributed by atoms with Gasteiger partial charge in [0.15, 0.2) is 0 Å². The highest BCUT2D eigenvalue weighted by molar-refractivity contribution is 7.92. The van der Waals surface area contributed by atoms with Crippen LogP contribution in [0.1, 0.15) is 32.3 Å². The Balaban J connectivity index is 2.04. The third kappa shape index (κ3) is 7.50. The van der Waals surface area contributed by atoms with Crippen LogP contribution in [0, 0.1) is 5.82 Å². The molecular weight excluding hydrogens is 564 g/mol. The van der Waals surface area contributed by atoms with Crippen LogP contribution in [-0.2, 0) is 26.2 Å². The Morgan fingerprint density at radius 2 is 1.64 bits per heavy atom. The first-order chi connectivity index (χ1) is 18.6. The molecule has 1 N–H and O–H groups in total. The second-order valence-corrected chi connectivity index (χ2v) is 11.5. The molecule has 3 aromatic rings. The molecule has 3 rings (SSSR count). The molecule has 0 saturated carbocycles. The van der Waals surface area contributed by atoms with Crippen LogP contribution in [-0.4, -0.2) is 44.3 Å². The molecule has 0 aliphatic rings. The zero-order valence-electron chi connectivity index (χ0n) is 21.6. The summed E-state index contributed by atoms with van der Waals surface area (Å²) < 4.78 is 43.0. The molecule has 3 aromatic carbocycles. The maximum absolute atomic E-state index is 14.6. The molecule has 0 spiro atoms. The zero-order chi connectivity index (χ0) is 28.6. The predicted octanol–water partition coefficient (Wildman–Crippen LogP) is 5.66. The van der Waals surface area contributed by atoms with E-state index in [2.05, 4.69) is 5.32 Å². The van der Waals surface area contributed by atoms with Crippen molar-refractivity contribution in [2.24, 2.45) is 0 Å². The molecule has 0 aliphatic carbocycles. The lowest BCUT2D eigenvalue weighted by atomic mass is 10.1. The Labute approximate surface area is 238 Å². The molecule has 0 saturated heterocycles. The van der Waals surface area contributed by atoms with Crippen LogP contribution >= 0.6 is 23.2 Å². The highest BCUT2D eigenvalue weighted by Crippen LogP contribution is 2.35. The highest BCUT2D eigenvalue weighted by Gasteiger charge is 2.33. The average molecular weight is 595 g/mol. The topological polar surface area (TPSA) is 86.8 Å². The Morgan fingerprint density at radius 1 is 0.974 bits per heavy atom. The standard InChI is InChI=1S/C28H30Cl2FN3O4S/c1-3-4-17-32-28(36)20(2)33(18-21-11-8-9-15-24(21)31)26(35)19-34(25-16-10-14-23(29)27(25)30)39(37,38)22-12-6-5-7-13-22/h5-16,20H,3-4,17-19H2,1-2H3,(H,32,36)/t20-/m0/s1. The van der Waals surface area contributed by atoms with Gasteiger partial charge in [-0.2, -0.15) is 0 Å². The zero-order valence-corrected chi connectivity index (χ0v) is 23.9. The summed E-state index contributed by atoms with van der Waals surface area (Å²) in [4.78, 5) is 27.9. The van der Waals surface area contributed by atoms with E-state index in [1.165, 1.54) is 55.5 Å². The summed E-state index contributed by atoms with van der Waals surface area (Å²) in [6.07, 6.45) is 1.61. The van der Waals surface area contributed by atoms with Gasteiger partial charge in [0.2, 0.25) is 11.8 Å². The SMILES string of the molecule is CCCCNC(=O)[C@H](C)N(Cc1ccccc1F)C(=O)CN(c1cccc(Cl)c1Cl)S(=O)(=O)c1ccccc1. The molecule has 0 bridgehead atoms. The normalized spacial score (nSPS) is 12.0. The van der Waals surface area contributed by atoms with Gasteiger partial charge in [0.1, 0.15) is 18.4 Å². The lowest BCUT2D eigenvalue weighted by molar-refractivity contribution is -0.139. The van der Waals surface area contributed by atoms with Gasteiger partial charge in [-0.15, -0.1) is 0 Å². The number of hydrogen-bond acceptors (Lipinski definition) is 4. The molecular formula is C28H30Cl2FN3O4S. The molecule has 7 nitrogen and oxygen atoms in total. The van der Waals surface area contributed by atoms with Crippen LogP contribution < -0.4 is 9.62 Å². The first-order valence-electron chi connectivity index (χ1n) is 12.4. The fourth-order valence-corrected chi connectivity index (χ4v) is 5.74. The molecule has 208 valence electrons. The summed E-state index contributed by atoms with van der Waals surface area (Å²) in [5.74, 6) is -1.72. The van der Waals surface area contributed by atoms with Gasteiger partial charge in [-0.05, 0) is 43.7 Å². The minimum Gasteiger partial charge on any atom is -0.354 e. The van der Waals surface area contributed by atoms with Crippen LogP contribution in [0.4, 0.5) is 10.1 Å². The summed E-state index contributed by atoms with van der Waals surface area (Å²) in [6.45, 7) is 2.94. The smallest absolute Gasteiger partial charge is 0.264 e. The maximum atomic E-state index is 14.6. The summed E-state index contributed by atoms with van der Waals surface area (Å²) in [5, 5.41) is 2.82. The Morgan fingerprint density at radius 3 is 2.31 bits per heavy atom. The number of unbranched alkanes of at least 4 members (excludes halogenated alkanes) is 1. The monoisotopic (exact) mass is 593 g/mol. The third-order valence-corrected chi connectivity index (χ3v) is 8.69. The number of halogens is 3. The number of amides is 2. The largest absolute Gasteiger partial charge is 0.354 e. The van der Waals surface area contributed by atoms with Crippen molar-refractivity contribution in [3.63, 3.8) is 0 Å². The lowest BCUT2D eigenvalue weighted by Crippen LogP contribution is -2.51. The number of carbonyl (C=O) groups excluding carboxylic acids is 2. The van der Waals surface area contributed by atoms with Gasteiger partial charge in [0, 0.05) is 18.7 Å². The van der Waals surface area contributed by atoms with Crippen LogP contribution in [0.2, 0.25) is 10.0 Å². The van der Waals surface area contributed by atoms with Gasteiger partial charge < -0.3 is 10.2 Å². The third-order valence-electron chi connectivity index (χ3n) is 6.11. The van der Waals surface area contributed by atoms with E-state index in [4.69, 9.17) is 23.2 Å². The fraction of sp³-hybridized carbons (Fsp3) is 0.286. The van der Waals surface area contributed by atoms with Gasteiger partial charge in [-0.1, -0.05) is 79.0 Å². The molecule has 2 amide bonds. The van der Waals surface area contributed by atoms with Crippen molar-refractivity contribution >= 4 is 50.7 Å².